The molecular formula is C12H19N3O. The third-order valence-electron chi connectivity index (χ3n) is 2.29. The molecule has 0 aromatic heterocycles. The number of amides is 2. The van der Waals surface area contributed by atoms with E-state index in [9.17, 15) is 4.79 Å². The van der Waals surface area contributed by atoms with Gasteiger partial charge in [-0.25, -0.2) is 4.79 Å². The number of carbonyl (C=O) groups excluding carboxylic acids is 1. The van der Waals surface area contributed by atoms with Crippen molar-refractivity contribution in [1.29, 1.82) is 0 Å². The van der Waals surface area contributed by atoms with Crippen LogP contribution in [-0.4, -0.2) is 19.1 Å². The Bertz CT molecular complexity index is 352. The van der Waals surface area contributed by atoms with Crippen molar-refractivity contribution in [3.05, 3.63) is 29.8 Å². The van der Waals surface area contributed by atoms with Gasteiger partial charge in [0, 0.05) is 12.2 Å². The van der Waals surface area contributed by atoms with Crippen molar-refractivity contribution in [2.24, 2.45) is 11.7 Å². The topological polar surface area (TPSA) is 67.2 Å². The second-order valence-electron chi connectivity index (χ2n) is 4.05. The highest BCUT2D eigenvalue weighted by molar-refractivity contribution is 5.89. The first kappa shape index (κ1) is 12.5. The average molecular weight is 221 g/mol. The molecule has 1 unspecified atom stereocenters. The lowest BCUT2D eigenvalue weighted by atomic mass is 10.2. The lowest BCUT2D eigenvalue weighted by Crippen LogP contribution is -2.34. The molecule has 88 valence electrons. The average Bonchev–Trinajstić information content (AvgIpc) is 2.26. The van der Waals surface area contributed by atoms with E-state index in [1.54, 1.807) is 0 Å². The molecule has 16 heavy (non-hydrogen) atoms. The summed E-state index contributed by atoms with van der Waals surface area (Å²) in [6.45, 7) is 5.14. The summed E-state index contributed by atoms with van der Waals surface area (Å²) in [6, 6.07) is 7.49. The predicted molar refractivity (Wildman–Crippen MR) is 66.4 cm³/mol. The highest BCUT2D eigenvalue weighted by Crippen LogP contribution is 2.08. The van der Waals surface area contributed by atoms with E-state index in [1.165, 1.54) is 0 Å². The van der Waals surface area contributed by atoms with E-state index in [-0.39, 0.29) is 6.03 Å². The molecule has 2 amide bonds. The van der Waals surface area contributed by atoms with E-state index >= 15 is 0 Å². The smallest absolute Gasteiger partial charge is 0.319 e. The SMILES string of the molecule is Cc1cccc(NC(=O)NCC(C)CN)c1. The molecule has 0 saturated heterocycles. The number of benzene rings is 1. The molecule has 4 heteroatoms. The molecule has 0 aliphatic rings. The van der Waals surface area contributed by atoms with Gasteiger partial charge in [0.25, 0.3) is 0 Å². The molecule has 0 radical (unpaired) electrons. The fraction of sp³-hybridized carbons (Fsp3) is 0.417. The summed E-state index contributed by atoms with van der Waals surface area (Å²) in [5, 5.41) is 5.54. The molecule has 0 aliphatic heterocycles. The second kappa shape index (κ2) is 6.12. The molecule has 0 fully saturated rings. The van der Waals surface area contributed by atoms with Gasteiger partial charge >= 0.3 is 6.03 Å². The highest BCUT2D eigenvalue weighted by atomic mass is 16.2. The van der Waals surface area contributed by atoms with Crippen LogP contribution >= 0.6 is 0 Å². The fourth-order valence-corrected chi connectivity index (χ4v) is 1.25. The number of carbonyl (C=O) groups is 1. The molecule has 4 nitrogen and oxygen atoms in total. The Balaban J connectivity index is 2.40. The molecule has 0 aliphatic carbocycles. The van der Waals surface area contributed by atoms with Crippen molar-refractivity contribution in [3.8, 4) is 0 Å². The number of rotatable bonds is 4. The molecule has 0 spiro atoms. The van der Waals surface area contributed by atoms with E-state index in [0.717, 1.165) is 11.3 Å². The van der Waals surface area contributed by atoms with Gasteiger partial charge in [-0.3, -0.25) is 0 Å². The summed E-state index contributed by atoms with van der Waals surface area (Å²) in [5.41, 5.74) is 7.38. The summed E-state index contributed by atoms with van der Waals surface area (Å²) >= 11 is 0. The second-order valence-corrected chi connectivity index (χ2v) is 4.05. The third-order valence-corrected chi connectivity index (χ3v) is 2.29. The van der Waals surface area contributed by atoms with Crippen molar-refractivity contribution in [1.82, 2.24) is 5.32 Å². The van der Waals surface area contributed by atoms with E-state index in [4.69, 9.17) is 5.73 Å². The number of aryl methyl sites for hydroxylation is 1. The standard InChI is InChI=1S/C12H19N3O/c1-9-4-3-5-11(6-9)15-12(16)14-8-10(2)7-13/h3-6,10H,7-8,13H2,1-2H3,(H2,14,15,16). The van der Waals surface area contributed by atoms with Gasteiger partial charge in [0.15, 0.2) is 0 Å². The Morgan fingerprint density at radius 2 is 2.25 bits per heavy atom. The van der Waals surface area contributed by atoms with Gasteiger partial charge < -0.3 is 16.4 Å². The highest BCUT2D eigenvalue weighted by Gasteiger charge is 2.03. The zero-order valence-electron chi connectivity index (χ0n) is 9.79. The Hall–Kier alpha value is -1.55. The Morgan fingerprint density at radius 1 is 1.50 bits per heavy atom. The maximum absolute atomic E-state index is 11.5. The van der Waals surface area contributed by atoms with Gasteiger partial charge in [-0.2, -0.15) is 0 Å². The lowest BCUT2D eigenvalue weighted by molar-refractivity contribution is 0.250. The zero-order chi connectivity index (χ0) is 12.0. The van der Waals surface area contributed by atoms with Crippen molar-refractivity contribution in [2.45, 2.75) is 13.8 Å². The van der Waals surface area contributed by atoms with Crippen molar-refractivity contribution < 1.29 is 4.79 Å². The number of anilines is 1. The van der Waals surface area contributed by atoms with Crippen LogP contribution in [0.25, 0.3) is 0 Å². The maximum Gasteiger partial charge on any atom is 0.319 e. The molecular weight excluding hydrogens is 202 g/mol. The van der Waals surface area contributed by atoms with Crippen molar-refractivity contribution in [2.75, 3.05) is 18.4 Å². The first-order valence-corrected chi connectivity index (χ1v) is 5.43. The summed E-state index contributed by atoms with van der Waals surface area (Å²) in [5.74, 6) is 0.295. The molecule has 1 atom stereocenters. The van der Waals surface area contributed by atoms with Crippen molar-refractivity contribution in [3.63, 3.8) is 0 Å². The largest absolute Gasteiger partial charge is 0.338 e. The summed E-state index contributed by atoms with van der Waals surface area (Å²) in [6.07, 6.45) is 0. The number of hydrogen-bond donors (Lipinski definition) is 3. The summed E-state index contributed by atoms with van der Waals surface area (Å²) in [4.78, 5) is 11.5. The Morgan fingerprint density at radius 3 is 2.88 bits per heavy atom. The van der Waals surface area contributed by atoms with E-state index in [1.807, 2.05) is 38.1 Å². The quantitative estimate of drug-likeness (QED) is 0.724. The minimum absolute atomic E-state index is 0.189. The van der Waals surface area contributed by atoms with Crippen LogP contribution in [0.4, 0.5) is 10.5 Å². The molecule has 1 aromatic rings. The Kier molecular flexibility index (Phi) is 4.79. The molecule has 1 aromatic carbocycles. The van der Waals surface area contributed by atoms with Crippen LogP contribution in [0.3, 0.4) is 0 Å². The molecule has 0 bridgehead atoms. The minimum atomic E-state index is -0.189. The summed E-state index contributed by atoms with van der Waals surface area (Å²) in [7, 11) is 0. The van der Waals surface area contributed by atoms with Crippen LogP contribution in [0.1, 0.15) is 12.5 Å². The van der Waals surface area contributed by atoms with Crippen LogP contribution in [0.5, 0.6) is 0 Å². The molecule has 0 heterocycles. The molecule has 4 N–H and O–H groups in total. The van der Waals surface area contributed by atoms with Gasteiger partial charge in [-0.05, 0) is 37.1 Å². The number of urea groups is 1. The van der Waals surface area contributed by atoms with Gasteiger partial charge in [0.2, 0.25) is 0 Å². The predicted octanol–water partition coefficient (Wildman–Crippen LogP) is 1.71. The van der Waals surface area contributed by atoms with Crippen LogP contribution in [0.15, 0.2) is 24.3 Å². The number of nitrogens with two attached hydrogens (primary N) is 1. The van der Waals surface area contributed by atoms with E-state index in [0.29, 0.717) is 19.0 Å². The minimum Gasteiger partial charge on any atom is -0.338 e. The zero-order valence-corrected chi connectivity index (χ0v) is 9.79. The van der Waals surface area contributed by atoms with Crippen LogP contribution in [-0.2, 0) is 0 Å². The van der Waals surface area contributed by atoms with E-state index < -0.39 is 0 Å². The van der Waals surface area contributed by atoms with Crippen LogP contribution in [0, 0.1) is 12.8 Å². The van der Waals surface area contributed by atoms with Gasteiger partial charge in [-0.15, -0.1) is 0 Å². The normalized spacial score (nSPS) is 11.9. The van der Waals surface area contributed by atoms with Crippen LogP contribution in [0.2, 0.25) is 0 Å². The third kappa shape index (κ3) is 4.31. The molecule has 0 saturated carbocycles. The number of nitrogens with one attached hydrogen (secondary N) is 2. The lowest BCUT2D eigenvalue weighted by Gasteiger charge is -2.11. The Labute approximate surface area is 96.2 Å². The first-order valence-electron chi connectivity index (χ1n) is 5.43. The van der Waals surface area contributed by atoms with Gasteiger partial charge in [-0.1, -0.05) is 19.1 Å². The monoisotopic (exact) mass is 221 g/mol. The maximum atomic E-state index is 11.5. The van der Waals surface area contributed by atoms with Crippen LogP contribution < -0.4 is 16.4 Å². The van der Waals surface area contributed by atoms with Gasteiger partial charge in [0.05, 0.1) is 0 Å². The van der Waals surface area contributed by atoms with Gasteiger partial charge in [0.1, 0.15) is 0 Å². The molecule has 1 rings (SSSR count). The first-order chi connectivity index (χ1) is 7.61. The number of hydrogen-bond acceptors (Lipinski definition) is 2. The summed E-state index contributed by atoms with van der Waals surface area (Å²) < 4.78 is 0. The van der Waals surface area contributed by atoms with E-state index in [2.05, 4.69) is 10.6 Å². The fourth-order valence-electron chi connectivity index (χ4n) is 1.25. The van der Waals surface area contributed by atoms with Crippen molar-refractivity contribution >= 4 is 11.7 Å².